The molecule has 1 fully saturated rings. The van der Waals surface area contributed by atoms with Crippen LogP contribution in [0.1, 0.15) is 25.3 Å². The van der Waals surface area contributed by atoms with Crippen LogP contribution in [-0.4, -0.2) is 36.6 Å². The number of rotatable bonds is 3. The maximum absolute atomic E-state index is 12.7. The number of amides is 2. The Labute approximate surface area is 137 Å². The first kappa shape index (κ1) is 18.1. The van der Waals surface area contributed by atoms with Crippen LogP contribution in [0.15, 0.2) is 24.3 Å². The second kappa shape index (κ2) is 7.55. The molecule has 1 aromatic carbocycles. The molecule has 0 spiro atoms. The highest BCUT2D eigenvalue weighted by molar-refractivity contribution is 5.93. The van der Waals surface area contributed by atoms with Crippen molar-refractivity contribution in [2.24, 2.45) is 5.92 Å². The first-order valence-corrected chi connectivity index (χ1v) is 7.71. The summed E-state index contributed by atoms with van der Waals surface area (Å²) in [5, 5.41) is 2.50. The summed E-state index contributed by atoms with van der Waals surface area (Å²) in [7, 11) is 0. The Morgan fingerprint density at radius 1 is 1.38 bits per heavy atom. The molecule has 2 rings (SSSR count). The van der Waals surface area contributed by atoms with E-state index in [-0.39, 0.29) is 18.8 Å². The SMILES string of the molecule is CCOC(=O)N1CCCC(C(=O)Nc2cccc(C(F)(F)F)c2)C1. The number of nitrogens with zero attached hydrogens (tertiary/aromatic N) is 1. The first-order chi connectivity index (χ1) is 11.3. The van der Waals surface area contributed by atoms with Crippen molar-refractivity contribution < 1.29 is 27.5 Å². The van der Waals surface area contributed by atoms with Gasteiger partial charge in [0.15, 0.2) is 0 Å². The van der Waals surface area contributed by atoms with Gasteiger partial charge in [0.05, 0.1) is 18.1 Å². The van der Waals surface area contributed by atoms with E-state index >= 15 is 0 Å². The van der Waals surface area contributed by atoms with Gasteiger partial charge in [0, 0.05) is 18.8 Å². The van der Waals surface area contributed by atoms with E-state index in [1.165, 1.54) is 17.0 Å². The number of ether oxygens (including phenoxy) is 1. The number of hydrogen-bond donors (Lipinski definition) is 1. The van der Waals surface area contributed by atoms with Crippen LogP contribution < -0.4 is 5.32 Å². The highest BCUT2D eigenvalue weighted by Gasteiger charge is 2.32. The van der Waals surface area contributed by atoms with Gasteiger partial charge in [-0.2, -0.15) is 13.2 Å². The number of carbonyl (C=O) groups is 2. The van der Waals surface area contributed by atoms with Crippen molar-refractivity contribution in [2.75, 3.05) is 25.0 Å². The average Bonchev–Trinajstić information content (AvgIpc) is 2.54. The molecule has 1 atom stereocenters. The van der Waals surface area contributed by atoms with Crippen molar-refractivity contribution in [1.82, 2.24) is 4.90 Å². The van der Waals surface area contributed by atoms with Crippen molar-refractivity contribution >= 4 is 17.7 Å². The van der Waals surface area contributed by atoms with Gasteiger partial charge in [0.25, 0.3) is 0 Å². The minimum atomic E-state index is -4.47. The van der Waals surface area contributed by atoms with Crippen LogP contribution in [0.5, 0.6) is 0 Å². The summed E-state index contributed by atoms with van der Waals surface area (Å²) in [6, 6.07) is 4.48. The van der Waals surface area contributed by atoms with Gasteiger partial charge in [-0.1, -0.05) is 6.07 Å². The Hall–Kier alpha value is -2.25. The van der Waals surface area contributed by atoms with Crippen molar-refractivity contribution in [2.45, 2.75) is 25.9 Å². The van der Waals surface area contributed by atoms with Gasteiger partial charge in [-0.25, -0.2) is 4.79 Å². The highest BCUT2D eigenvalue weighted by Crippen LogP contribution is 2.31. The molecule has 0 saturated carbocycles. The number of halogens is 3. The van der Waals surface area contributed by atoms with Crippen molar-refractivity contribution in [3.05, 3.63) is 29.8 Å². The molecule has 0 aliphatic carbocycles. The van der Waals surface area contributed by atoms with Gasteiger partial charge in [0.1, 0.15) is 0 Å². The van der Waals surface area contributed by atoms with E-state index in [1.807, 2.05) is 0 Å². The monoisotopic (exact) mass is 344 g/mol. The molecule has 24 heavy (non-hydrogen) atoms. The van der Waals surface area contributed by atoms with Crippen LogP contribution in [0, 0.1) is 5.92 Å². The van der Waals surface area contributed by atoms with Gasteiger partial charge < -0.3 is 15.0 Å². The molecule has 1 aliphatic heterocycles. The lowest BCUT2D eigenvalue weighted by Gasteiger charge is -2.31. The zero-order chi connectivity index (χ0) is 17.7. The lowest BCUT2D eigenvalue weighted by molar-refractivity contribution is -0.137. The van der Waals surface area contributed by atoms with Gasteiger partial charge >= 0.3 is 12.3 Å². The quantitative estimate of drug-likeness (QED) is 0.913. The Morgan fingerprint density at radius 2 is 2.12 bits per heavy atom. The van der Waals surface area contributed by atoms with E-state index in [0.29, 0.717) is 19.4 Å². The first-order valence-electron chi connectivity index (χ1n) is 7.71. The van der Waals surface area contributed by atoms with E-state index in [1.54, 1.807) is 6.92 Å². The van der Waals surface area contributed by atoms with Crippen molar-refractivity contribution in [3.63, 3.8) is 0 Å². The normalized spacial score (nSPS) is 18.2. The van der Waals surface area contributed by atoms with Gasteiger partial charge in [0.2, 0.25) is 5.91 Å². The third-order valence-corrected chi connectivity index (χ3v) is 3.78. The van der Waals surface area contributed by atoms with Crippen LogP contribution in [-0.2, 0) is 15.7 Å². The minimum absolute atomic E-state index is 0.0862. The predicted octanol–water partition coefficient (Wildman–Crippen LogP) is 3.51. The number of alkyl halides is 3. The van der Waals surface area contributed by atoms with E-state index < -0.39 is 29.7 Å². The summed E-state index contributed by atoms with van der Waals surface area (Å²) >= 11 is 0. The molecular formula is C16H19F3N2O3. The fourth-order valence-electron chi connectivity index (χ4n) is 2.59. The molecule has 8 heteroatoms. The second-order valence-corrected chi connectivity index (χ2v) is 5.55. The van der Waals surface area contributed by atoms with E-state index in [0.717, 1.165) is 12.1 Å². The van der Waals surface area contributed by atoms with Crippen LogP contribution in [0.3, 0.4) is 0 Å². The van der Waals surface area contributed by atoms with Crippen molar-refractivity contribution in [3.8, 4) is 0 Å². The van der Waals surface area contributed by atoms with Crippen LogP contribution >= 0.6 is 0 Å². The second-order valence-electron chi connectivity index (χ2n) is 5.55. The Bertz CT molecular complexity index is 604. The molecule has 1 N–H and O–H groups in total. The number of hydrogen-bond acceptors (Lipinski definition) is 3. The fourth-order valence-corrected chi connectivity index (χ4v) is 2.59. The lowest BCUT2D eigenvalue weighted by Crippen LogP contribution is -2.44. The number of likely N-dealkylation sites (tertiary alicyclic amines) is 1. The minimum Gasteiger partial charge on any atom is -0.450 e. The Balaban J connectivity index is 2.00. The zero-order valence-electron chi connectivity index (χ0n) is 13.2. The molecule has 5 nitrogen and oxygen atoms in total. The average molecular weight is 344 g/mol. The molecular weight excluding hydrogens is 325 g/mol. The summed E-state index contributed by atoms with van der Waals surface area (Å²) in [6.07, 6.45) is -3.74. The van der Waals surface area contributed by atoms with Crippen molar-refractivity contribution in [1.29, 1.82) is 0 Å². The Morgan fingerprint density at radius 3 is 2.79 bits per heavy atom. The third kappa shape index (κ3) is 4.62. The van der Waals surface area contributed by atoms with Crippen LogP contribution in [0.2, 0.25) is 0 Å². The van der Waals surface area contributed by atoms with E-state index in [2.05, 4.69) is 5.32 Å². The summed E-state index contributed by atoms with van der Waals surface area (Å²) < 4.78 is 43.0. The van der Waals surface area contributed by atoms with E-state index in [9.17, 15) is 22.8 Å². The van der Waals surface area contributed by atoms with Crippen LogP contribution in [0.4, 0.5) is 23.7 Å². The third-order valence-electron chi connectivity index (χ3n) is 3.78. The molecule has 0 aromatic heterocycles. The van der Waals surface area contributed by atoms with E-state index in [4.69, 9.17) is 4.74 Å². The number of benzene rings is 1. The topological polar surface area (TPSA) is 58.6 Å². The lowest BCUT2D eigenvalue weighted by atomic mass is 9.97. The largest absolute Gasteiger partial charge is 0.450 e. The Kier molecular flexibility index (Phi) is 5.69. The molecule has 1 heterocycles. The maximum Gasteiger partial charge on any atom is 0.416 e. The van der Waals surface area contributed by atoms with Gasteiger partial charge in [-0.15, -0.1) is 0 Å². The molecule has 1 saturated heterocycles. The maximum atomic E-state index is 12.7. The van der Waals surface area contributed by atoms with Gasteiger partial charge in [-0.05, 0) is 38.0 Å². The summed E-state index contributed by atoms with van der Waals surface area (Å²) in [6.45, 7) is 2.64. The molecule has 1 aliphatic rings. The predicted molar refractivity (Wildman–Crippen MR) is 81.4 cm³/mol. The summed E-state index contributed by atoms with van der Waals surface area (Å²) in [5.74, 6) is -0.874. The van der Waals surface area contributed by atoms with Crippen LogP contribution in [0.25, 0.3) is 0 Å². The standard InChI is InChI=1S/C16H19F3N2O3/c1-2-24-15(23)21-8-4-5-11(10-21)14(22)20-13-7-3-6-12(9-13)16(17,18)19/h3,6-7,9,11H,2,4-5,8,10H2,1H3,(H,20,22). The molecule has 0 radical (unpaired) electrons. The van der Waals surface area contributed by atoms with Gasteiger partial charge in [-0.3, -0.25) is 4.79 Å². The molecule has 1 aromatic rings. The smallest absolute Gasteiger partial charge is 0.416 e. The number of piperidine rings is 1. The summed E-state index contributed by atoms with van der Waals surface area (Å²) in [4.78, 5) is 25.5. The highest BCUT2D eigenvalue weighted by atomic mass is 19.4. The number of carbonyl (C=O) groups excluding carboxylic acids is 2. The molecule has 2 amide bonds. The number of anilines is 1. The number of nitrogens with one attached hydrogen (secondary N) is 1. The molecule has 1 unspecified atom stereocenters. The zero-order valence-corrected chi connectivity index (χ0v) is 13.2. The molecule has 132 valence electrons. The summed E-state index contributed by atoms with van der Waals surface area (Å²) in [5.41, 5.74) is -0.736. The fraction of sp³-hybridized carbons (Fsp3) is 0.500. The molecule has 0 bridgehead atoms.